The normalized spacial score (nSPS) is 12.5. The second kappa shape index (κ2) is 17.0. The maximum atomic E-state index is 13.2. The zero-order valence-electron chi connectivity index (χ0n) is 24.4. The van der Waals surface area contributed by atoms with E-state index in [1.807, 2.05) is 60.7 Å². The van der Waals surface area contributed by atoms with Crippen molar-refractivity contribution < 1.29 is 22.7 Å². The van der Waals surface area contributed by atoms with E-state index in [4.69, 9.17) is 9.47 Å². The van der Waals surface area contributed by atoms with E-state index in [1.54, 1.807) is 6.92 Å². The minimum absolute atomic E-state index is 0.00190. The smallest absolute Gasteiger partial charge is 0.327 e. The molecule has 3 aromatic rings. The minimum atomic E-state index is -3.62. The second-order valence-electron chi connectivity index (χ2n) is 9.72. The fourth-order valence-corrected chi connectivity index (χ4v) is 5.71. The molecule has 2 aromatic carbocycles. The first-order valence-electron chi connectivity index (χ1n) is 14.3. The summed E-state index contributed by atoms with van der Waals surface area (Å²) < 4.78 is 41.7. The topological polar surface area (TPSA) is 116 Å². The van der Waals surface area contributed by atoms with Gasteiger partial charge in [-0.05, 0) is 56.9 Å². The molecule has 10 nitrogen and oxygen atoms in total. The van der Waals surface area contributed by atoms with Crippen LogP contribution in [0.5, 0.6) is 0 Å². The van der Waals surface area contributed by atoms with Gasteiger partial charge < -0.3 is 14.4 Å². The summed E-state index contributed by atoms with van der Waals surface area (Å²) in [6.45, 7) is 8.88. The van der Waals surface area contributed by atoms with Gasteiger partial charge in [0.2, 0.25) is 10.0 Å². The molecule has 0 radical (unpaired) electrons. The SMILES string of the molecule is CCOC(=O)Cn1nc([C@@H](CCc2ccccc2)NS(=O)(=O)CCCN(CC)CC)nc1COCc1ccccc1. The van der Waals surface area contributed by atoms with Gasteiger partial charge in [0.25, 0.3) is 0 Å². The van der Waals surface area contributed by atoms with Gasteiger partial charge in [-0.25, -0.2) is 22.8 Å². The molecule has 0 aliphatic heterocycles. The number of carbonyl (C=O) groups is 1. The number of esters is 1. The van der Waals surface area contributed by atoms with Crippen LogP contribution in [0.25, 0.3) is 0 Å². The largest absolute Gasteiger partial charge is 0.465 e. The van der Waals surface area contributed by atoms with Gasteiger partial charge in [0.05, 0.1) is 25.0 Å². The number of nitrogens with one attached hydrogen (secondary N) is 1. The van der Waals surface area contributed by atoms with Gasteiger partial charge in [-0.1, -0.05) is 74.5 Å². The Kier molecular flexibility index (Phi) is 13.4. The molecule has 1 atom stereocenters. The standard InChI is InChI=1S/C30H43N5O5S/c1-4-34(5-2)20-13-21-41(37,38)33-27(19-18-25-14-9-7-10-15-25)30-31-28(35(32-30)22-29(36)40-6-3)24-39-23-26-16-11-8-12-17-26/h7-12,14-17,27,33H,4-6,13,18-24H2,1-3H3/t27-/m1/s1. The summed E-state index contributed by atoms with van der Waals surface area (Å²) in [6.07, 6.45) is 1.60. The van der Waals surface area contributed by atoms with Crippen molar-refractivity contribution in [2.24, 2.45) is 0 Å². The fraction of sp³-hybridized carbons (Fsp3) is 0.500. The summed E-state index contributed by atoms with van der Waals surface area (Å²) in [5.41, 5.74) is 2.08. The molecule has 224 valence electrons. The van der Waals surface area contributed by atoms with E-state index >= 15 is 0 Å². The van der Waals surface area contributed by atoms with Crippen LogP contribution in [0.3, 0.4) is 0 Å². The van der Waals surface area contributed by atoms with Crippen molar-refractivity contribution in [2.75, 3.05) is 32.0 Å². The number of hydrogen-bond acceptors (Lipinski definition) is 8. The molecule has 0 saturated carbocycles. The van der Waals surface area contributed by atoms with E-state index in [2.05, 4.69) is 33.6 Å². The van der Waals surface area contributed by atoms with E-state index in [9.17, 15) is 13.2 Å². The second-order valence-corrected chi connectivity index (χ2v) is 11.6. The lowest BCUT2D eigenvalue weighted by Gasteiger charge is -2.19. The molecule has 0 spiro atoms. The molecule has 0 amide bonds. The number of ether oxygens (including phenoxy) is 2. The monoisotopic (exact) mass is 585 g/mol. The third-order valence-electron chi connectivity index (χ3n) is 6.67. The van der Waals surface area contributed by atoms with E-state index in [1.165, 1.54) is 4.68 Å². The van der Waals surface area contributed by atoms with E-state index in [-0.39, 0.29) is 25.5 Å². The Labute approximate surface area is 244 Å². The summed E-state index contributed by atoms with van der Waals surface area (Å²) in [6, 6.07) is 18.9. The minimum Gasteiger partial charge on any atom is -0.465 e. The Morgan fingerprint density at radius 3 is 2.27 bits per heavy atom. The molecule has 1 N–H and O–H groups in total. The van der Waals surface area contributed by atoms with Crippen LogP contribution in [0.1, 0.15) is 62.4 Å². The van der Waals surface area contributed by atoms with Gasteiger partial charge in [0.15, 0.2) is 11.6 Å². The Morgan fingerprint density at radius 2 is 1.63 bits per heavy atom. The van der Waals surface area contributed by atoms with Crippen LogP contribution < -0.4 is 4.72 Å². The third kappa shape index (κ3) is 11.3. The first-order chi connectivity index (χ1) is 19.8. The number of sulfonamides is 1. The molecular formula is C30H43N5O5S. The lowest BCUT2D eigenvalue weighted by Crippen LogP contribution is -2.33. The van der Waals surface area contributed by atoms with Crippen LogP contribution in [-0.4, -0.2) is 66.0 Å². The predicted octanol–water partition coefficient (Wildman–Crippen LogP) is 3.88. The highest BCUT2D eigenvalue weighted by Gasteiger charge is 2.25. The fourth-order valence-electron chi connectivity index (χ4n) is 4.43. The number of aromatic nitrogens is 3. The van der Waals surface area contributed by atoms with Crippen LogP contribution >= 0.6 is 0 Å². The quantitative estimate of drug-likeness (QED) is 0.211. The average Bonchev–Trinajstić information content (AvgIpc) is 3.36. The molecule has 0 aliphatic rings. The molecule has 41 heavy (non-hydrogen) atoms. The first kappa shape index (κ1) is 32.4. The molecule has 3 rings (SSSR count). The zero-order valence-corrected chi connectivity index (χ0v) is 25.2. The van der Waals surface area contributed by atoms with Crippen LogP contribution in [0, 0.1) is 0 Å². The van der Waals surface area contributed by atoms with Crippen molar-refractivity contribution in [3.05, 3.63) is 83.4 Å². The molecule has 0 bridgehead atoms. The van der Waals surface area contributed by atoms with Crippen LogP contribution in [-0.2, 0) is 50.5 Å². The number of benzene rings is 2. The Morgan fingerprint density at radius 1 is 0.976 bits per heavy atom. The highest BCUT2D eigenvalue weighted by Crippen LogP contribution is 2.20. The summed E-state index contributed by atoms with van der Waals surface area (Å²) in [4.78, 5) is 19.2. The molecule has 0 saturated heterocycles. The Bertz CT molecular complexity index is 1280. The average molecular weight is 586 g/mol. The van der Waals surface area contributed by atoms with E-state index in [0.29, 0.717) is 44.1 Å². The van der Waals surface area contributed by atoms with Crippen LogP contribution in [0.15, 0.2) is 60.7 Å². The van der Waals surface area contributed by atoms with Crippen LogP contribution in [0.2, 0.25) is 0 Å². The maximum Gasteiger partial charge on any atom is 0.327 e. The van der Waals surface area contributed by atoms with Crippen LogP contribution in [0.4, 0.5) is 0 Å². The number of nitrogens with zero attached hydrogens (tertiary/aromatic N) is 4. The molecule has 11 heteroatoms. The number of aryl methyl sites for hydroxylation is 1. The van der Waals surface area contributed by atoms with Crippen molar-refractivity contribution in [3.8, 4) is 0 Å². The predicted molar refractivity (Wildman–Crippen MR) is 158 cm³/mol. The van der Waals surface area contributed by atoms with Crippen molar-refractivity contribution in [1.29, 1.82) is 0 Å². The van der Waals surface area contributed by atoms with Gasteiger partial charge >= 0.3 is 5.97 Å². The highest BCUT2D eigenvalue weighted by molar-refractivity contribution is 7.89. The van der Waals surface area contributed by atoms with Crippen molar-refractivity contribution in [3.63, 3.8) is 0 Å². The molecule has 0 fully saturated rings. The van der Waals surface area contributed by atoms with Gasteiger partial charge in [-0.2, -0.15) is 5.10 Å². The van der Waals surface area contributed by atoms with Crippen molar-refractivity contribution >= 4 is 16.0 Å². The summed E-state index contributed by atoms with van der Waals surface area (Å²) >= 11 is 0. The lowest BCUT2D eigenvalue weighted by atomic mass is 10.1. The summed E-state index contributed by atoms with van der Waals surface area (Å²) in [7, 11) is -3.62. The molecule has 1 aromatic heterocycles. The first-order valence-corrected chi connectivity index (χ1v) is 16.0. The number of hydrogen-bond donors (Lipinski definition) is 1. The molecule has 0 unspecified atom stereocenters. The van der Waals surface area contributed by atoms with E-state index < -0.39 is 22.0 Å². The van der Waals surface area contributed by atoms with Gasteiger partial charge in [-0.3, -0.25) is 4.79 Å². The molecular weight excluding hydrogens is 542 g/mol. The number of rotatable bonds is 19. The van der Waals surface area contributed by atoms with Crippen molar-refractivity contribution in [1.82, 2.24) is 24.4 Å². The maximum absolute atomic E-state index is 13.2. The zero-order chi connectivity index (χ0) is 29.5. The summed E-state index contributed by atoms with van der Waals surface area (Å²) in [5, 5.41) is 4.58. The van der Waals surface area contributed by atoms with Crippen molar-refractivity contribution in [2.45, 2.75) is 65.8 Å². The third-order valence-corrected chi connectivity index (χ3v) is 8.14. The Balaban J connectivity index is 1.81. The highest BCUT2D eigenvalue weighted by atomic mass is 32.2. The molecule has 1 heterocycles. The van der Waals surface area contributed by atoms with Gasteiger partial charge in [-0.15, -0.1) is 0 Å². The van der Waals surface area contributed by atoms with Gasteiger partial charge in [0.1, 0.15) is 13.2 Å². The van der Waals surface area contributed by atoms with Gasteiger partial charge in [0, 0.05) is 0 Å². The molecule has 0 aliphatic carbocycles. The number of carbonyl (C=O) groups excluding carboxylic acids is 1. The lowest BCUT2D eigenvalue weighted by molar-refractivity contribution is -0.144. The van der Waals surface area contributed by atoms with E-state index in [0.717, 1.165) is 24.2 Å². The summed E-state index contributed by atoms with van der Waals surface area (Å²) in [5.74, 6) is 0.276. The Hall–Kier alpha value is -3.12.